The summed E-state index contributed by atoms with van der Waals surface area (Å²) < 4.78 is 7.50. The van der Waals surface area contributed by atoms with E-state index in [4.69, 9.17) is 4.74 Å². The minimum absolute atomic E-state index is 0.00387. The number of aliphatic carboxylic acids is 1. The van der Waals surface area contributed by atoms with Crippen molar-refractivity contribution >= 4 is 29.6 Å². The molecule has 0 spiro atoms. The molecule has 1 fully saturated rings. The van der Waals surface area contributed by atoms with Crippen molar-refractivity contribution in [1.82, 2.24) is 41.2 Å². The molecule has 6 rings (SSSR count). The molecule has 1 saturated heterocycles. The molecule has 272 valence electrons. The summed E-state index contributed by atoms with van der Waals surface area (Å²) in [6.45, 7) is 5.48. The summed E-state index contributed by atoms with van der Waals surface area (Å²) >= 11 is 0. The fourth-order valence-electron chi connectivity index (χ4n) is 6.24. The number of likely N-dealkylation sites (N-methyl/N-ethyl adjacent to an activating group) is 1. The first-order valence-corrected chi connectivity index (χ1v) is 17.2. The minimum atomic E-state index is -1.28. The standard InChI is InChI=1S/C36H46N8O7/c1-21(2)31(40-32(45)22(3)37-4)35(48)43-19-26-17-30(43)34(47)38-28(15-12-23-8-6-5-7-9-23)33(46)39-29(36(49)50)16-24-10-13-27(14-11-24)51-20-25-18-44(26)42-41-25/h5-11,13-14,18,21-22,26,28-31,37H,12,15-17,19-20H2,1-4H3,(H,38,47)(H,39,46)(H,40,45)(H,49,50)/t22-,26-,28-,29-,30-,31-/m0/s1. The van der Waals surface area contributed by atoms with Crippen molar-refractivity contribution in [2.45, 2.75) is 89.3 Å². The number of rotatable bonds is 9. The maximum Gasteiger partial charge on any atom is 0.326 e. The Morgan fingerprint density at radius 2 is 1.75 bits per heavy atom. The van der Waals surface area contributed by atoms with Crippen molar-refractivity contribution < 1.29 is 33.8 Å². The van der Waals surface area contributed by atoms with Gasteiger partial charge in [-0.05, 0) is 56.0 Å². The van der Waals surface area contributed by atoms with E-state index in [9.17, 15) is 29.1 Å². The number of ether oxygens (including phenoxy) is 1. The van der Waals surface area contributed by atoms with Crippen molar-refractivity contribution in [3.05, 3.63) is 77.6 Å². The van der Waals surface area contributed by atoms with Gasteiger partial charge in [-0.25, -0.2) is 9.48 Å². The van der Waals surface area contributed by atoms with Gasteiger partial charge in [0.15, 0.2) is 0 Å². The topological polar surface area (TPSA) is 197 Å². The molecule has 15 nitrogen and oxygen atoms in total. The van der Waals surface area contributed by atoms with Crippen molar-refractivity contribution in [2.24, 2.45) is 5.92 Å². The fraction of sp³-hybridized carbons (Fsp3) is 0.472. The van der Waals surface area contributed by atoms with Crippen molar-refractivity contribution in [1.29, 1.82) is 0 Å². The largest absolute Gasteiger partial charge is 0.487 e. The van der Waals surface area contributed by atoms with Gasteiger partial charge in [0.2, 0.25) is 23.6 Å². The summed E-state index contributed by atoms with van der Waals surface area (Å²) in [7, 11) is 1.64. The molecule has 3 aliphatic heterocycles. The first-order chi connectivity index (χ1) is 24.4. The number of carbonyl (C=O) groups excluding carboxylic acids is 4. The summed E-state index contributed by atoms with van der Waals surface area (Å²) in [6, 6.07) is 10.9. The van der Waals surface area contributed by atoms with Crippen LogP contribution in [0.15, 0.2) is 60.8 Å². The van der Waals surface area contributed by atoms with E-state index < -0.39 is 59.9 Å². The molecule has 0 radical (unpaired) electrons. The second-order valence-electron chi connectivity index (χ2n) is 13.4. The van der Waals surface area contributed by atoms with Gasteiger partial charge in [-0.1, -0.05) is 61.5 Å². The lowest BCUT2D eigenvalue weighted by molar-refractivity contribution is -0.144. The number of aryl methyl sites for hydroxylation is 1. The van der Waals surface area contributed by atoms with Gasteiger partial charge in [0, 0.05) is 19.4 Å². The summed E-state index contributed by atoms with van der Waals surface area (Å²) in [5.74, 6) is -3.07. The lowest BCUT2D eigenvalue weighted by atomic mass is 10.0. The van der Waals surface area contributed by atoms with E-state index >= 15 is 0 Å². The second-order valence-corrected chi connectivity index (χ2v) is 13.4. The van der Waals surface area contributed by atoms with Crippen LogP contribution in [0.2, 0.25) is 0 Å². The Bertz CT molecular complexity index is 1700. The van der Waals surface area contributed by atoms with Gasteiger partial charge in [-0.3, -0.25) is 19.2 Å². The molecule has 4 amide bonds. The predicted octanol–water partition coefficient (Wildman–Crippen LogP) is 0.991. The van der Waals surface area contributed by atoms with Gasteiger partial charge in [0.05, 0.1) is 18.3 Å². The molecule has 2 aromatic carbocycles. The first-order valence-electron chi connectivity index (χ1n) is 17.2. The number of likely N-dealkylation sites (tertiary alicyclic amines) is 1. The van der Waals surface area contributed by atoms with E-state index in [0.717, 1.165) is 5.56 Å². The van der Waals surface area contributed by atoms with Crippen LogP contribution in [0.3, 0.4) is 0 Å². The highest BCUT2D eigenvalue weighted by Gasteiger charge is 2.44. The van der Waals surface area contributed by atoms with E-state index in [1.807, 2.05) is 44.2 Å². The highest BCUT2D eigenvalue weighted by molar-refractivity contribution is 5.96. The molecule has 15 heteroatoms. The van der Waals surface area contributed by atoms with E-state index in [0.29, 0.717) is 23.4 Å². The van der Waals surface area contributed by atoms with Crippen LogP contribution in [0.25, 0.3) is 0 Å². The molecule has 0 aliphatic carbocycles. The molecule has 51 heavy (non-hydrogen) atoms. The Morgan fingerprint density at radius 1 is 1.02 bits per heavy atom. The lowest BCUT2D eigenvalue weighted by Crippen LogP contribution is -2.59. The quantitative estimate of drug-likeness (QED) is 0.215. The zero-order chi connectivity index (χ0) is 36.7. The van der Waals surface area contributed by atoms with Crippen LogP contribution < -0.4 is 26.0 Å². The van der Waals surface area contributed by atoms with E-state index in [2.05, 4.69) is 31.6 Å². The molecule has 0 saturated carbocycles. The highest BCUT2D eigenvalue weighted by Crippen LogP contribution is 2.29. The number of carboxylic acid groups (broad SMARTS) is 1. The van der Waals surface area contributed by atoms with Crippen LogP contribution in [0.1, 0.15) is 56.5 Å². The molecule has 0 unspecified atom stereocenters. The minimum Gasteiger partial charge on any atom is -0.487 e. The molecule has 4 heterocycles. The van der Waals surface area contributed by atoms with Crippen LogP contribution in [0, 0.1) is 5.92 Å². The number of hydrogen-bond acceptors (Lipinski definition) is 9. The summed E-state index contributed by atoms with van der Waals surface area (Å²) in [5.41, 5.74) is 2.11. The zero-order valence-electron chi connectivity index (χ0n) is 29.2. The molecule has 5 N–H and O–H groups in total. The highest BCUT2D eigenvalue weighted by atomic mass is 16.5. The maximum atomic E-state index is 14.3. The lowest BCUT2D eigenvalue weighted by Gasteiger charge is -2.31. The van der Waals surface area contributed by atoms with Gasteiger partial charge in [-0.15, -0.1) is 5.10 Å². The monoisotopic (exact) mass is 702 g/mol. The van der Waals surface area contributed by atoms with Gasteiger partial charge < -0.3 is 36.0 Å². The Morgan fingerprint density at radius 3 is 2.41 bits per heavy atom. The Kier molecular flexibility index (Phi) is 12.0. The molecule has 3 aliphatic rings. The fourth-order valence-corrected chi connectivity index (χ4v) is 6.24. The normalized spacial score (nSPS) is 22.1. The smallest absolute Gasteiger partial charge is 0.326 e. The van der Waals surface area contributed by atoms with E-state index in [1.165, 1.54) is 4.90 Å². The predicted molar refractivity (Wildman–Crippen MR) is 185 cm³/mol. The Balaban J connectivity index is 1.49. The molecule has 6 atom stereocenters. The summed E-state index contributed by atoms with van der Waals surface area (Å²) in [5, 5.41) is 29.8. The Hall–Kier alpha value is -5.31. The van der Waals surface area contributed by atoms with Gasteiger partial charge in [-0.2, -0.15) is 0 Å². The van der Waals surface area contributed by atoms with Crippen LogP contribution in [0.4, 0.5) is 0 Å². The maximum absolute atomic E-state index is 14.3. The third kappa shape index (κ3) is 9.28. The number of nitrogens with one attached hydrogen (secondary N) is 4. The van der Waals surface area contributed by atoms with E-state index in [-0.39, 0.29) is 44.2 Å². The van der Waals surface area contributed by atoms with Gasteiger partial charge in [0.25, 0.3) is 0 Å². The third-order valence-electron chi connectivity index (χ3n) is 9.42. The van der Waals surface area contributed by atoms with Crippen LogP contribution in [-0.4, -0.2) is 98.4 Å². The molecular formula is C36H46N8O7. The molecule has 3 aromatic rings. The van der Waals surface area contributed by atoms with Crippen molar-refractivity contribution in [3.63, 3.8) is 0 Å². The molecule has 6 bridgehead atoms. The van der Waals surface area contributed by atoms with Crippen LogP contribution >= 0.6 is 0 Å². The molecule has 1 aromatic heterocycles. The molecular weight excluding hydrogens is 656 g/mol. The summed E-state index contributed by atoms with van der Waals surface area (Å²) in [6.07, 6.45) is 2.44. The zero-order valence-corrected chi connectivity index (χ0v) is 29.2. The Labute approximate surface area is 296 Å². The van der Waals surface area contributed by atoms with Crippen molar-refractivity contribution in [2.75, 3.05) is 13.6 Å². The number of benzene rings is 2. The average molecular weight is 703 g/mol. The van der Waals surface area contributed by atoms with Gasteiger partial charge >= 0.3 is 5.97 Å². The first kappa shape index (κ1) is 37.0. The van der Waals surface area contributed by atoms with Gasteiger partial charge in [0.1, 0.15) is 42.2 Å². The average Bonchev–Trinajstić information content (AvgIpc) is 3.79. The van der Waals surface area contributed by atoms with Crippen molar-refractivity contribution in [3.8, 4) is 5.75 Å². The number of amides is 4. The number of carboxylic acids is 1. The summed E-state index contributed by atoms with van der Waals surface area (Å²) in [4.78, 5) is 69.0. The van der Waals surface area contributed by atoms with E-state index in [1.54, 1.807) is 49.1 Å². The van der Waals surface area contributed by atoms with Crippen LogP contribution in [-0.2, 0) is 43.4 Å². The number of fused-ring (bicyclic) bond motifs is 9. The number of carbonyl (C=O) groups is 5. The number of aromatic nitrogens is 3. The SMILES string of the molecule is CN[C@@H](C)C(=O)N[C@H](C(=O)N1C[C@@H]2C[C@H]1C(=O)N[C@@H](CCc1ccccc1)C(=O)N[C@H](C(=O)O)Cc1ccc(cc1)OCc1cn2nn1)C(C)C. The number of hydrogen-bond donors (Lipinski definition) is 5. The second kappa shape index (κ2) is 16.6. The third-order valence-corrected chi connectivity index (χ3v) is 9.42. The van der Waals surface area contributed by atoms with Crippen LogP contribution in [0.5, 0.6) is 5.75 Å². The number of nitrogens with zero attached hydrogens (tertiary/aromatic N) is 4.